The molecule has 0 bridgehead atoms. The van der Waals surface area contributed by atoms with E-state index in [9.17, 15) is 26.4 Å². The molecule has 0 saturated carbocycles. The van der Waals surface area contributed by atoms with Crippen LogP contribution in [0, 0.1) is 5.41 Å². The van der Waals surface area contributed by atoms with Crippen LogP contribution in [0.2, 0.25) is 0 Å². The van der Waals surface area contributed by atoms with Gasteiger partial charge in [0.2, 0.25) is 6.79 Å². The number of rotatable bonds is 13. The van der Waals surface area contributed by atoms with Gasteiger partial charge in [-0.15, -0.1) is 0 Å². The molecule has 0 aliphatic heterocycles. The van der Waals surface area contributed by atoms with Crippen LogP contribution in [0.3, 0.4) is 0 Å². The molecule has 0 heterocycles. The van der Waals surface area contributed by atoms with Crippen molar-refractivity contribution in [3.8, 4) is 0 Å². The maximum Gasteiger partial charge on any atom is 0.340 e. The van der Waals surface area contributed by atoms with Crippen molar-refractivity contribution in [2.75, 3.05) is 31.5 Å². The van der Waals surface area contributed by atoms with Gasteiger partial charge >= 0.3 is 11.9 Å². The Morgan fingerprint density at radius 2 is 1.47 bits per heavy atom. The lowest BCUT2D eigenvalue weighted by molar-refractivity contribution is -0.154. The van der Waals surface area contributed by atoms with E-state index in [2.05, 4.69) is 4.18 Å². The van der Waals surface area contributed by atoms with E-state index >= 15 is 0 Å². The zero-order valence-corrected chi connectivity index (χ0v) is 18.7. The summed E-state index contributed by atoms with van der Waals surface area (Å²) >= 11 is 0. The first-order valence-corrected chi connectivity index (χ1v) is 12.2. The Bertz CT molecular complexity index is 906. The van der Waals surface area contributed by atoms with E-state index in [1.807, 2.05) is 0 Å². The Hall–Kier alpha value is -2.02. The zero-order valence-electron chi connectivity index (χ0n) is 17.0. The Morgan fingerprint density at radius 1 is 0.900 bits per heavy atom. The number of carbonyl (C=O) groups excluding carboxylic acids is 2. The van der Waals surface area contributed by atoms with Gasteiger partial charge in [0.15, 0.2) is 0 Å². The molecular formula is C18H26O10S2. The lowest BCUT2D eigenvalue weighted by atomic mass is 9.95. The first-order chi connectivity index (χ1) is 13.9. The van der Waals surface area contributed by atoms with Crippen molar-refractivity contribution in [2.45, 2.75) is 27.2 Å². The van der Waals surface area contributed by atoms with Gasteiger partial charge in [0.05, 0.1) is 35.7 Å². The summed E-state index contributed by atoms with van der Waals surface area (Å²) in [5.41, 5.74) is -0.951. The lowest BCUT2D eigenvalue weighted by Crippen LogP contribution is -2.33. The summed E-state index contributed by atoms with van der Waals surface area (Å²) in [4.78, 5) is 23.4. The molecule has 0 aliphatic rings. The van der Waals surface area contributed by atoms with Gasteiger partial charge in [-0.25, -0.2) is 8.98 Å². The van der Waals surface area contributed by atoms with Crippen molar-refractivity contribution in [1.82, 2.24) is 0 Å². The number of ether oxygens (including phenoxy) is 2. The molecule has 1 aromatic rings. The Balaban J connectivity index is 2.39. The van der Waals surface area contributed by atoms with Gasteiger partial charge in [0.1, 0.15) is 0 Å². The van der Waals surface area contributed by atoms with Crippen molar-refractivity contribution < 1.29 is 44.3 Å². The van der Waals surface area contributed by atoms with Crippen molar-refractivity contribution >= 4 is 32.2 Å². The second kappa shape index (κ2) is 11.4. The van der Waals surface area contributed by atoms with Crippen LogP contribution in [-0.2, 0) is 42.9 Å². The minimum Gasteiger partial charge on any atom is -0.466 e. The Labute approximate surface area is 176 Å². The summed E-state index contributed by atoms with van der Waals surface area (Å²) in [6, 6.07) is 7.91. The summed E-state index contributed by atoms with van der Waals surface area (Å²) in [6.45, 7) is 3.44. The van der Waals surface area contributed by atoms with E-state index in [0.29, 0.717) is 0 Å². The molecule has 0 fully saturated rings. The van der Waals surface area contributed by atoms with Crippen LogP contribution in [0.5, 0.6) is 0 Å². The fourth-order valence-corrected chi connectivity index (χ4v) is 4.04. The topological polar surface area (TPSA) is 139 Å². The molecular weight excluding hydrogens is 440 g/mol. The molecule has 0 amide bonds. The van der Waals surface area contributed by atoms with Crippen molar-refractivity contribution in [1.29, 1.82) is 0 Å². The van der Waals surface area contributed by atoms with Gasteiger partial charge < -0.3 is 9.47 Å². The molecule has 12 heteroatoms. The minimum atomic E-state index is -4.12. The minimum absolute atomic E-state index is 0.146. The molecule has 10 nitrogen and oxygen atoms in total. The van der Waals surface area contributed by atoms with Crippen LogP contribution in [-0.4, -0.2) is 60.3 Å². The highest BCUT2D eigenvalue weighted by atomic mass is 32.2. The quantitative estimate of drug-likeness (QED) is 0.238. The fourth-order valence-electron chi connectivity index (χ4n) is 1.96. The van der Waals surface area contributed by atoms with Gasteiger partial charge in [-0.05, 0) is 39.3 Å². The zero-order chi connectivity index (χ0) is 22.8. The van der Waals surface area contributed by atoms with Crippen molar-refractivity contribution in [3.05, 3.63) is 35.9 Å². The number of carbonyl (C=O) groups is 2. The van der Waals surface area contributed by atoms with Gasteiger partial charge in [0, 0.05) is 0 Å². The van der Waals surface area contributed by atoms with Crippen LogP contribution in [0.1, 0.15) is 37.6 Å². The van der Waals surface area contributed by atoms with E-state index in [4.69, 9.17) is 13.7 Å². The number of benzene rings is 1. The molecule has 170 valence electrons. The summed E-state index contributed by atoms with van der Waals surface area (Å²) < 4.78 is 66.3. The predicted molar refractivity (Wildman–Crippen MR) is 106 cm³/mol. The highest BCUT2D eigenvalue weighted by Gasteiger charge is 2.32. The van der Waals surface area contributed by atoms with Crippen LogP contribution < -0.4 is 0 Å². The van der Waals surface area contributed by atoms with Gasteiger partial charge in [-0.3, -0.25) is 8.98 Å². The average Bonchev–Trinajstić information content (AvgIpc) is 2.67. The van der Waals surface area contributed by atoms with Gasteiger partial charge in [-0.1, -0.05) is 18.2 Å². The standard InChI is InChI=1S/C18H26O10S2/c1-4-25-17(20)18(2,3)13-27-29(21,22)11-8-12-30(23,24)28-14-26-16(19)15-9-6-5-7-10-15/h5-7,9-10H,4,8,11-14H2,1-3H3. The van der Waals surface area contributed by atoms with Gasteiger partial charge in [0.25, 0.3) is 20.2 Å². The molecule has 1 rings (SSSR count). The van der Waals surface area contributed by atoms with Gasteiger partial charge in [-0.2, -0.15) is 16.8 Å². The highest BCUT2D eigenvalue weighted by Crippen LogP contribution is 2.19. The third kappa shape index (κ3) is 9.65. The monoisotopic (exact) mass is 466 g/mol. The maximum atomic E-state index is 11.9. The third-order valence-electron chi connectivity index (χ3n) is 3.64. The normalized spacial score (nSPS) is 12.4. The Morgan fingerprint density at radius 3 is 2.03 bits per heavy atom. The molecule has 0 unspecified atom stereocenters. The number of esters is 2. The van der Waals surface area contributed by atoms with E-state index in [1.165, 1.54) is 26.0 Å². The molecule has 0 atom stereocenters. The molecule has 0 spiro atoms. The molecule has 0 radical (unpaired) electrons. The van der Waals surface area contributed by atoms with E-state index in [1.54, 1.807) is 25.1 Å². The van der Waals surface area contributed by atoms with Crippen molar-refractivity contribution in [3.63, 3.8) is 0 Å². The first-order valence-electron chi connectivity index (χ1n) is 9.02. The lowest BCUT2D eigenvalue weighted by Gasteiger charge is -2.21. The van der Waals surface area contributed by atoms with Crippen LogP contribution in [0.4, 0.5) is 0 Å². The molecule has 30 heavy (non-hydrogen) atoms. The molecule has 0 aliphatic carbocycles. The average molecular weight is 467 g/mol. The maximum absolute atomic E-state index is 11.9. The largest absolute Gasteiger partial charge is 0.466 e. The molecule has 0 N–H and O–H groups in total. The molecule has 1 aromatic carbocycles. The predicted octanol–water partition coefficient (Wildman–Crippen LogP) is 1.47. The Kier molecular flexibility index (Phi) is 9.88. The summed E-state index contributed by atoms with van der Waals surface area (Å²) in [5.74, 6) is -2.59. The smallest absolute Gasteiger partial charge is 0.340 e. The van der Waals surface area contributed by atoms with Crippen LogP contribution in [0.15, 0.2) is 30.3 Å². The summed E-state index contributed by atoms with van der Waals surface area (Å²) in [6.07, 6.45) is -0.308. The molecule has 0 saturated heterocycles. The fraction of sp³-hybridized carbons (Fsp3) is 0.556. The van der Waals surface area contributed by atoms with E-state index in [-0.39, 0.29) is 18.6 Å². The van der Waals surface area contributed by atoms with Crippen molar-refractivity contribution in [2.24, 2.45) is 5.41 Å². The van der Waals surface area contributed by atoms with Crippen LogP contribution >= 0.6 is 0 Å². The van der Waals surface area contributed by atoms with Crippen LogP contribution in [0.25, 0.3) is 0 Å². The second-order valence-corrected chi connectivity index (χ2v) is 10.3. The number of hydrogen-bond acceptors (Lipinski definition) is 10. The number of hydrogen-bond donors (Lipinski definition) is 0. The summed E-state index contributed by atoms with van der Waals surface area (Å²) in [7, 11) is -8.19. The molecule has 0 aromatic heterocycles. The highest BCUT2D eigenvalue weighted by molar-refractivity contribution is 7.87. The first kappa shape index (κ1) is 26.0. The van der Waals surface area contributed by atoms with E-state index < -0.39 is 62.5 Å². The van der Waals surface area contributed by atoms with E-state index in [0.717, 1.165) is 0 Å². The third-order valence-corrected chi connectivity index (χ3v) is 6.15. The second-order valence-electron chi connectivity index (χ2n) is 6.78. The SMILES string of the molecule is CCOC(=O)C(C)(C)COS(=O)(=O)CCCS(=O)(=O)OCOC(=O)c1ccccc1. The summed E-state index contributed by atoms with van der Waals surface area (Å²) in [5, 5.41) is 0.